The van der Waals surface area contributed by atoms with E-state index in [9.17, 15) is 0 Å². The number of aromatic nitrogens is 2. The summed E-state index contributed by atoms with van der Waals surface area (Å²) in [6.45, 7) is 0. The summed E-state index contributed by atoms with van der Waals surface area (Å²) in [5, 5.41) is 0. The lowest BCUT2D eigenvalue weighted by Gasteiger charge is -2.07. The maximum atomic E-state index is 4.41. The number of pyridine rings is 2. The van der Waals surface area contributed by atoms with Crippen molar-refractivity contribution in [2.24, 2.45) is 0 Å². The smallest absolute Gasteiger partial charge is 0.0347 e. The molecule has 0 aliphatic heterocycles. The van der Waals surface area contributed by atoms with Gasteiger partial charge in [-0.25, -0.2) is 0 Å². The van der Waals surface area contributed by atoms with Gasteiger partial charge in [0.2, 0.25) is 0 Å². The Morgan fingerprint density at radius 3 is 1.08 bits per heavy atom. The van der Waals surface area contributed by atoms with Crippen molar-refractivity contribution in [3.63, 3.8) is 0 Å². The second-order valence-corrected chi connectivity index (χ2v) is 5.66. The molecular weight excluding hydrogens is 292 g/mol. The Labute approximate surface area is 141 Å². The van der Waals surface area contributed by atoms with E-state index in [4.69, 9.17) is 0 Å². The lowest BCUT2D eigenvalue weighted by atomic mass is 10.0. The van der Waals surface area contributed by atoms with Gasteiger partial charge < -0.3 is 0 Å². The summed E-state index contributed by atoms with van der Waals surface area (Å²) in [7, 11) is 0. The van der Waals surface area contributed by atoms with Crippen LogP contribution >= 0.6 is 0 Å². The molecule has 0 N–H and O–H groups in total. The summed E-state index contributed by atoms with van der Waals surface area (Å²) in [4.78, 5) is 8.82. The van der Waals surface area contributed by atoms with Gasteiger partial charge >= 0.3 is 0 Å². The zero-order chi connectivity index (χ0) is 16.2. The molecule has 0 spiro atoms. The van der Waals surface area contributed by atoms with E-state index in [-0.39, 0.29) is 0 Å². The molecule has 0 saturated heterocycles. The Kier molecular flexibility index (Phi) is 3.86. The van der Waals surface area contributed by atoms with E-state index >= 15 is 0 Å². The van der Waals surface area contributed by atoms with Crippen molar-refractivity contribution in [2.45, 2.75) is 0 Å². The summed E-state index contributed by atoms with van der Waals surface area (Å²) in [6, 6.07) is 24.9. The summed E-state index contributed by atoms with van der Waals surface area (Å²) >= 11 is 0. The molecule has 2 aromatic heterocycles. The van der Waals surface area contributed by atoms with Crippen molar-refractivity contribution in [3.05, 3.63) is 97.6 Å². The predicted molar refractivity (Wildman–Crippen MR) is 98.3 cm³/mol. The van der Waals surface area contributed by atoms with Gasteiger partial charge in [-0.2, -0.15) is 0 Å². The molecule has 4 aromatic rings. The quantitative estimate of drug-likeness (QED) is 0.501. The van der Waals surface area contributed by atoms with Crippen LogP contribution in [-0.2, 0) is 0 Å². The van der Waals surface area contributed by atoms with Gasteiger partial charge in [0.25, 0.3) is 0 Å². The van der Waals surface area contributed by atoms with E-state index in [1.807, 2.05) is 61.2 Å². The average molecular weight is 308 g/mol. The van der Waals surface area contributed by atoms with Crippen LogP contribution in [0.4, 0.5) is 0 Å². The van der Waals surface area contributed by atoms with Gasteiger partial charge in [0.15, 0.2) is 0 Å². The molecule has 0 saturated carbocycles. The molecule has 2 heterocycles. The van der Waals surface area contributed by atoms with Gasteiger partial charge in [0, 0.05) is 47.0 Å². The Balaban J connectivity index is 1.75. The monoisotopic (exact) mass is 308 g/mol. The standard InChI is InChI=1S/C22H16N2/c1-3-7-17(8-4-1)19-11-21(15-23-13-19)22-12-20(14-24-16-22)18-9-5-2-6-10-18/h1-16H. The Bertz CT molecular complexity index is 867. The molecule has 0 aliphatic rings. The van der Waals surface area contributed by atoms with Gasteiger partial charge in [0.1, 0.15) is 0 Å². The van der Waals surface area contributed by atoms with Crippen molar-refractivity contribution < 1.29 is 0 Å². The van der Waals surface area contributed by atoms with Crippen molar-refractivity contribution >= 4 is 0 Å². The molecular formula is C22H16N2. The lowest BCUT2D eigenvalue weighted by Crippen LogP contribution is -1.87. The van der Waals surface area contributed by atoms with Crippen molar-refractivity contribution in [2.75, 3.05) is 0 Å². The highest BCUT2D eigenvalue weighted by Crippen LogP contribution is 2.27. The second kappa shape index (κ2) is 6.47. The van der Waals surface area contributed by atoms with Crippen LogP contribution in [0.2, 0.25) is 0 Å². The van der Waals surface area contributed by atoms with E-state index < -0.39 is 0 Å². The first-order chi connectivity index (χ1) is 11.9. The predicted octanol–water partition coefficient (Wildman–Crippen LogP) is 5.48. The number of hydrogen-bond acceptors (Lipinski definition) is 2. The summed E-state index contributed by atoms with van der Waals surface area (Å²) < 4.78 is 0. The van der Waals surface area contributed by atoms with Crippen LogP contribution in [0.5, 0.6) is 0 Å². The molecule has 0 fully saturated rings. The summed E-state index contributed by atoms with van der Waals surface area (Å²) in [5.41, 5.74) is 6.69. The number of benzene rings is 2. The molecule has 4 rings (SSSR count). The number of hydrogen-bond donors (Lipinski definition) is 0. The molecule has 0 unspecified atom stereocenters. The van der Waals surface area contributed by atoms with Crippen LogP contribution in [0, 0.1) is 0 Å². The number of rotatable bonds is 3. The van der Waals surface area contributed by atoms with Gasteiger partial charge in [-0.05, 0) is 23.3 Å². The molecule has 0 bridgehead atoms. The SMILES string of the molecule is c1ccc(-c2cncc(-c3cncc(-c4ccccc4)c3)c2)cc1. The van der Waals surface area contributed by atoms with Crippen LogP contribution in [0.15, 0.2) is 97.6 Å². The second-order valence-electron chi connectivity index (χ2n) is 5.66. The zero-order valence-electron chi connectivity index (χ0n) is 13.1. The van der Waals surface area contributed by atoms with Crippen LogP contribution in [0.1, 0.15) is 0 Å². The largest absolute Gasteiger partial charge is 0.263 e. The molecule has 114 valence electrons. The van der Waals surface area contributed by atoms with Crippen LogP contribution in [0.25, 0.3) is 33.4 Å². The van der Waals surface area contributed by atoms with Gasteiger partial charge in [0.05, 0.1) is 0 Å². The lowest BCUT2D eigenvalue weighted by molar-refractivity contribution is 1.30. The Hall–Kier alpha value is -3.26. The normalized spacial score (nSPS) is 10.5. The van der Waals surface area contributed by atoms with Crippen LogP contribution in [-0.4, -0.2) is 9.97 Å². The zero-order valence-corrected chi connectivity index (χ0v) is 13.1. The van der Waals surface area contributed by atoms with Crippen molar-refractivity contribution in [1.29, 1.82) is 0 Å². The minimum absolute atomic E-state index is 1.07. The van der Waals surface area contributed by atoms with Crippen LogP contribution < -0.4 is 0 Å². The minimum Gasteiger partial charge on any atom is -0.263 e. The van der Waals surface area contributed by atoms with Crippen LogP contribution in [0.3, 0.4) is 0 Å². The molecule has 24 heavy (non-hydrogen) atoms. The fourth-order valence-corrected chi connectivity index (χ4v) is 2.77. The topological polar surface area (TPSA) is 25.8 Å². The summed E-state index contributed by atoms with van der Waals surface area (Å²) in [5.74, 6) is 0. The van der Waals surface area contributed by atoms with Crippen molar-refractivity contribution in [1.82, 2.24) is 9.97 Å². The first-order valence-electron chi connectivity index (χ1n) is 7.91. The molecule has 0 radical (unpaired) electrons. The molecule has 0 amide bonds. The number of nitrogens with zero attached hydrogens (tertiary/aromatic N) is 2. The average Bonchev–Trinajstić information content (AvgIpc) is 2.70. The third kappa shape index (κ3) is 2.95. The third-order valence-electron chi connectivity index (χ3n) is 4.02. The van der Waals surface area contributed by atoms with Gasteiger partial charge in [-0.3, -0.25) is 9.97 Å². The molecule has 0 aliphatic carbocycles. The highest BCUT2D eigenvalue weighted by atomic mass is 14.6. The Morgan fingerprint density at radius 1 is 0.375 bits per heavy atom. The highest BCUT2D eigenvalue weighted by Gasteiger charge is 2.05. The fourth-order valence-electron chi connectivity index (χ4n) is 2.77. The van der Waals surface area contributed by atoms with Gasteiger partial charge in [-0.1, -0.05) is 60.7 Å². The molecule has 2 nitrogen and oxygen atoms in total. The summed E-state index contributed by atoms with van der Waals surface area (Å²) in [6.07, 6.45) is 7.57. The van der Waals surface area contributed by atoms with Gasteiger partial charge in [-0.15, -0.1) is 0 Å². The molecule has 2 aromatic carbocycles. The third-order valence-corrected chi connectivity index (χ3v) is 4.02. The Morgan fingerprint density at radius 2 is 0.708 bits per heavy atom. The van der Waals surface area contributed by atoms with E-state index in [2.05, 4.69) is 46.4 Å². The first-order valence-corrected chi connectivity index (χ1v) is 7.91. The van der Waals surface area contributed by atoms with E-state index in [0.717, 1.165) is 22.3 Å². The fraction of sp³-hybridized carbons (Fsp3) is 0. The van der Waals surface area contributed by atoms with E-state index in [0.29, 0.717) is 0 Å². The van der Waals surface area contributed by atoms with E-state index in [1.165, 1.54) is 11.1 Å². The van der Waals surface area contributed by atoms with E-state index in [1.54, 1.807) is 0 Å². The van der Waals surface area contributed by atoms with Crippen molar-refractivity contribution in [3.8, 4) is 33.4 Å². The highest BCUT2D eigenvalue weighted by molar-refractivity contribution is 5.75. The maximum absolute atomic E-state index is 4.41. The molecule has 2 heteroatoms. The minimum atomic E-state index is 1.07. The molecule has 0 atom stereocenters. The first kappa shape index (κ1) is 14.3. The maximum Gasteiger partial charge on any atom is 0.0347 e.